The Bertz CT molecular complexity index is 190. The first-order valence-corrected chi connectivity index (χ1v) is 4.77. The molecule has 4 nitrogen and oxygen atoms in total. The molecule has 76 valence electrons. The van der Waals surface area contributed by atoms with E-state index in [1.165, 1.54) is 0 Å². The van der Waals surface area contributed by atoms with Crippen LogP contribution in [0.25, 0.3) is 0 Å². The number of carbonyl (C=O) groups is 1. The molecule has 0 aromatic carbocycles. The highest BCUT2D eigenvalue weighted by molar-refractivity contribution is 5.88. The highest BCUT2D eigenvalue weighted by Crippen LogP contribution is 2.31. The SMILES string of the molecule is CCOC(C)CNC(=O)C1(N)CC1. The van der Waals surface area contributed by atoms with Crippen LogP contribution >= 0.6 is 0 Å². The summed E-state index contributed by atoms with van der Waals surface area (Å²) in [6, 6.07) is 0. The Balaban J connectivity index is 2.15. The first-order valence-electron chi connectivity index (χ1n) is 4.77. The van der Waals surface area contributed by atoms with Gasteiger partial charge in [0.15, 0.2) is 0 Å². The van der Waals surface area contributed by atoms with Crippen molar-refractivity contribution in [3.05, 3.63) is 0 Å². The first kappa shape index (κ1) is 10.5. The maximum atomic E-state index is 11.3. The van der Waals surface area contributed by atoms with E-state index >= 15 is 0 Å². The molecule has 0 radical (unpaired) electrons. The molecule has 1 unspecified atom stereocenters. The number of rotatable bonds is 5. The van der Waals surface area contributed by atoms with Crippen LogP contribution in [0, 0.1) is 0 Å². The summed E-state index contributed by atoms with van der Waals surface area (Å²) in [5.74, 6) is -0.0425. The summed E-state index contributed by atoms with van der Waals surface area (Å²) < 4.78 is 5.27. The van der Waals surface area contributed by atoms with E-state index in [1.807, 2.05) is 13.8 Å². The van der Waals surface area contributed by atoms with Crippen LogP contribution in [0.15, 0.2) is 0 Å². The minimum absolute atomic E-state index is 0.0425. The molecule has 3 N–H and O–H groups in total. The fourth-order valence-corrected chi connectivity index (χ4v) is 1.12. The topological polar surface area (TPSA) is 64.3 Å². The van der Waals surface area contributed by atoms with Gasteiger partial charge in [0.1, 0.15) is 0 Å². The summed E-state index contributed by atoms with van der Waals surface area (Å²) in [5, 5.41) is 2.78. The normalized spacial score (nSPS) is 20.8. The van der Waals surface area contributed by atoms with E-state index in [0.717, 1.165) is 12.8 Å². The third-order valence-corrected chi connectivity index (χ3v) is 2.24. The lowest BCUT2D eigenvalue weighted by Gasteiger charge is -2.14. The Morgan fingerprint density at radius 3 is 2.77 bits per heavy atom. The summed E-state index contributed by atoms with van der Waals surface area (Å²) in [6.07, 6.45) is 1.68. The van der Waals surface area contributed by atoms with Gasteiger partial charge >= 0.3 is 0 Å². The number of amides is 1. The van der Waals surface area contributed by atoms with E-state index in [-0.39, 0.29) is 12.0 Å². The van der Waals surface area contributed by atoms with Crippen LogP contribution in [0.3, 0.4) is 0 Å². The predicted octanol–water partition coefficient (Wildman–Crippen LogP) is 0.0189. The van der Waals surface area contributed by atoms with Gasteiger partial charge in [0.05, 0.1) is 11.6 Å². The summed E-state index contributed by atoms with van der Waals surface area (Å²) >= 11 is 0. The Kier molecular flexibility index (Phi) is 3.27. The zero-order valence-corrected chi connectivity index (χ0v) is 8.30. The number of ether oxygens (including phenoxy) is 1. The molecule has 0 saturated heterocycles. The number of nitrogens with one attached hydrogen (secondary N) is 1. The monoisotopic (exact) mass is 186 g/mol. The lowest BCUT2D eigenvalue weighted by Crippen LogP contribution is -2.45. The van der Waals surface area contributed by atoms with Crippen molar-refractivity contribution in [1.82, 2.24) is 5.32 Å². The van der Waals surface area contributed by atoms with Gasteiger partial charge in [0, 0.05) is 13.2 Å². The molecule has 0 spiro atoms. The first-order chi connectivity index (χ1) is 6.08. The smallest absolute Gasteiger partial charge is 0.240 e. The number of hydrogen-bond donors (Lipinski definition) is 2. The Morgan fingerprint density at radius 2 is 2.31 bits per heavy atom. The average Bonchev–Trinajstić information content (AvgIpc) is 2.81. The van der Waals surface area contributed by atoms with Crippen LogP contribution in [0.1, 0.15) is 26.7 Å². The summed E-state index contributed by atoms with van der Waals surface area (Å²) in [5.41, 5.74) is 5.13. The van der Waals surface area contributed by atoms with Crippen molar-refractivity contribution in [3.8, 4) is 0 Å². The Hall–Kier alpha value is -0.610. The molecule has 0 aromatic rings. The van der Waals surface area contributed by atoms with Crippen LogP contribution in [0.4, 0.5) is 0 Å². The van der Waals surface area contributed by atoms with Gasteiger partial charge in [-0.3, -0.25) is 4.79 Å². The summed E-state index contributed by atoms with van der Waals surface area (Å²) in [4.78, 5) is 11.3. The standard InChI is InChI=1S/C9H18N2O2/c1-3-13-7(2)6-11-8(12)9(10)4-5-9/h7H,3-6,10H2,1-2H3,(H,11,12). The Labute approximate surface area is 78.8 Å². The summed E-state index contributed by atoms with van der Waals surface area (Å²) in [6.45, 7) is 5.08. The van der Waals surface area contributed by atoms with Crippen molar-refractivity contribution in [3.63, 3.8) is 0 Å². The molecular formula is C9H18N2O2. The maximum absolute atomic E-state index is 11.3. The molecule has 1 fully saturated rings. The van der Waals surface area contributed by atoms with E-state index in [9.17, 15) is 4.79 Å². The number of carbonyl (C=O) groups excluding carboxylic acids is 1. The van der Waals surface area contributed by atoms with Crippen molar-refractivity contribution in [1.29, 1.82) is 0 Å². The Morgan fingerprint density at radius 1 is 1.69 bits per heavy atom. The molecule has 13 heavy (non-hydrogen) atoms. The van der Waals surface area contributed by atoms with E-state index in [2.05, 4.69) is 5.32 Å². The average molecular weight is 186 g/mol. The molecule has 1 rings (SSSR count). The van der Waals surface area contributed by atoms with E-state index in [0.29, 0.717) is 13.2 Å². The molecule has 1 aliphatic carbocycles. The minimum atomic E-state index is -0.564. The molecular weight excluding hydrogens is 168 g/mol. The van der Waals surface area contributed by atoms with E-state index < -0.39 is 5.54 Å². The van der Waals surface area contributed by atoms with E-state index in [4.69, 9.17) is 10.5 Å². The van der Waals surface area contributed by atoms with Crippen LogP contribution in [0.2, 0.25) is 0 Å². The van der Waals surface area contributed by atoms with Gasteiger partial charge in [-0.15, -0.1) is 0 Å². The van der Waals surface area contributed by atoms with Gasteiger partial charge in [-0.1, -0.05) is 0 Å². The second-order valence-electron chi connectivity index (χ2n) is 3.63. The van der Waals surface area contributed by atoms with Crippen LogP contribution in [-0.4, -0.2) is 30.7 Å². The molecule has 0 heterocycles. The van der Waals surface area contributed by atoms with Gasteiger partial charge in [-0.2, -0.15) is 0 Å². The highest BCUT2D eigenvalue weighted by Gasteiger charge is 2.45. The van der Waals surface area contributed by atoms with Crippen LogP contribution in [-0.2, 0) is 9.53 Å². The zero-order chi connectivity index (χ0) is 9.90. The molecule has 4 heteroatoms. The molecule has 1 saturated carbocycles. The predicted molar refractivity (Wildman–Crippen MR) is 50.3 cm³/mol. The third-order valence-electron chi connectivity index (χ3n) is 2.24. The van der Waals surface area contributed by atoms with Gasteiger partial charge < -0.3 is 15.8 Å². The minimum Gasteiger partial charge on any atom is -0.377 e. The summed E-state index contributed by atoms with van der Waals surface area (Å²) in [7, 11) is 0. The molecule has 0 bridgehead atoms. The van der Waals surface area contributed by atoms with Gasteiger partial charge in [0.2, 0.25) is 5.91 Å². The largest absolute Gasteiger partial charge is 0.377 e. The molecule has 1 aliphatic rings. The third kappa shape index (κ3) is 2.97. The van der Waals surface area contributed by atoms with Crippen molar-refractivity contribution < 1.29 is 9.53 Å². The van der Waals surface area contributed by atoms with Crippen molar-refractivity contribution in [2.75, 3.05) is 13.2 Å². The van der Waals surface area contributed by atoms with Crippen LogP contribution in [0.5, 0.6) is 0 Å². The lowest BCUT2D eigenvalue weighted by molar-refractivity contribution is -0.123. The molecule has 1 amide bonds. The zero-order valence-electron chi connectivity index (χ0n) is 8.30. The van der Waals surface area contributed by atoms with Crippen LogP contribution < -0.4 is 11.1 Å². The fourth-order valence-electron chi connectivity index (χ4n) is 1.12. The number of hydrogen-bond acceptors (Lipinski definition) is 3. The van der Waals surface area contributed by atoms with Gasteiger partial charge in [-0.25, -0.2) is 0 Å². The van der Waals surface area contributed by atoms with Gasteiger partial charge in [-0.05, 0) is 26.7 Å². The molecule has 0 aliphatic heterocycles. The second kappa shape index (κ2) is 4.07. The molecule has 1 atom stereocenters. The number of nitrogens with two attached hydrogens (primary N) is 1. The second-order valence-corrected chi connectivity index (χ2v) is 3.63. The fraction of sp³-hybridized carbons (Fsp3) is 0.889. The van der Waals surface area contributed by atoms with Gasteiger partial charge in [0.25, 0.3) is 0 Å². The van der Waals surface area contributed by atoms with Crippen molar-refractivity contribution in [2.45, 2.75) is 38.3 Å². The highest BCUT2D eigenvalue weighted by atomic mass is 16.5. The quantitative estimate of drug-likeness (QED) is 0.636. The van der Waals surface area contributed by atoms with Crippen molar-refractivity contribution in [2.24, 2.45) is 5.73 Å². The maximum Gasteiger partial charge on any atom is 0.240 e. The lowest BCUT2D eigenvalue weighted by atomic mass is 10.2. The molecule has 0 aromatic heterocycles. The van der Waals surface area contributed by atoms with E-state index in [1.54, 1.807) is 0 Å². The van der Waals surface area contributed by atoms with Crippen molar-refractivity contribution >= 4 is 5.91 Å².